The molecule has 0 amide bonds. The molecule has 0 bridgehead atoms. The fourth-order valence-corrected chi connectivity index (χ4v) is 3.69. The predicted octanol–water partition coefficient (Wildman–Crippen LogP) is 5.15. The minimum atomic E-state index is -4.70. The van der Waals surface area contributed by atoms with Gasteiger partial charge in [-0.25, -0.2) is 4.98 Å². The van der Waals surface area contributed by atoms with Crippen LogP contribution in [0.3, 0.4) is 0 Å². The van der Waals surface area contributed by atoms with E-state index in [-0.39, 0.29) is 5.75 Å². The van der Waals surface area contributed by atoms with Crippen molar-refractivity contribution in [3.63, 3.8) is 0 Å². The molecule has 2 heterocycles. The highest BCUT2D eigenvalue weighted by Gasteiger charge is 2.31. The second kappa shape index (κ2) is 8.73. The number of ether oxygens (including phenoxy) is 2. The lowest BCUT2D eigenvalue weighted by Gasteiger charge is -2.24. The van der Waals surface area contributed by atoms with Gasteiger partial charge in [-0.05, 0) is 59.4 Å². The molecule has 9 heteroatoms. The zero-order valence-electron chi connectivity index (χ0n) is 17.6. The van der Waals surface area contributed by atoms with Gasteiger partial charge in [-0.15, -0.1) is 13.2 Å². The van der Waals surface area contributed by atoms with Crippen molar-refractivity contribution in [2.75, 3.05) is 13.2 Å². The van der Waals surface area contributed by atoms with Gasteiger partial charge in [-0.3, -0.25) is 5.01 Å². The van der Waals surface area contributed by atoms with Crippen LogP contribution in [-0.4, -0.2) is 40.7 Å². The Bertz CT molecular complexity index is 1160. The molecular formula is C24H21F3N4O2. The quantitative estimate of drug-likeness (QED) is 0.494. The van der Waals surface area contributed by atoms with Crippen LogP contribution in [0.1, 0.15) is 35.6 Å². The maximum Gasteiger partial charge on any atom is 0.573 e. The maximum absolute atomic E-state index is 12.4. The topological polar surface area (TPSA) is 59.8 Å². The van der Waals surface area contributed by atoms with E-state index in [1.807, 2.05) is 29.3 Å². The summed E-state index contributed by atoms with van der Waals surface area (Å²) in [5.74, 6) is 0.301. The number of benzene rings is 2. The Morgan fingerprint density at radius 2 is 1.79 bits per heavy atom. The second-order valence-electron chi connectivity index (χ2n) is 8.01. The maximum atomic E-state index is 12.4. The smallest absolute Gasteiger partial charge is 0.462 e. The van der Waals surface area contributed by atoms with E-state index in [0.717, 1.165) is 27.9 Å². The van der Waals surface area contributed by atoms with E-state index in [2.05, 4.69) is 19.8 Å². The largest absolute Gasteiger partial charge is 0.573 e. The third-order valence-corrected chi connectivity index (χ3v) is 5.51. The van der Waals surface area contributed by atoms with E-state index in [1.165, 1.54) is 25.0 Å². The molecule has 3 aromatic rings. The van der Waals surface area contributed by atoms with Crippen LogP contribution >= 0.6 is 0 Å². The van der Waals surface area contributed by atoms with Gasteiger partial charge in [0.25, 0.3) is 0 Å². The Labute approximate surface area is 188 Å². The van der Waals surface area contributed by atoms with Crippen molar-refractivity contribution in [3.05, 3.63) is 71.5 Å². The van der Waals surface area contributed by atoms with Crippen LogP contribution in [-0.2, 0) is 6.54 Å². The van der Waals surface area contributed by atoms with Gasteiger partial charge in [-0.1, -0.05) is 24.3 Å². The SMILES string of the molecule is FC(F)(F)Oc1ccc(-c2ccc3c(c2)CN(CCOc2nccc(C4CC4)n2)N=C3)cc1. The van der Waals surface area contributed by atoms with Crippen molar-refractivity contribution < 1.29 is 22.6 Å². The summed E-state index contributed by atoms with van der Waals surface area (Å²) in [6.07, 6.45) is 1.17. The van der Waals surface area contributed by atoms with Crippen molar-refractivity contribution in [1.82, 2.24) is 15.0 Å². The molecule has 0 spiro atoms. The molecule has 6 nitrogen and oxygen atoms in total. The summed E-state index contributed by atoms with van der Waals surface area (Å²) in [5, 5.41) is 6.37. The minimum absolute atomic E-state index is 0.242. The van der Waals surface area contributed by atoms with Crippen molar-refractivity contribution in [1.29, 1.82) is 0 Å². The van der Waals surface area contributed by atoms with Crippen molar-refractivity contribution in [2.45, 2.75) is 31.7 Å². The highest BCUT2D eigenvalue weighted by Crippen LogP contribution is 2.39. The van der Waals surface area contributed by atoms with Gasteiger partial charge >= 0.3 is 12.4 Å². The fourth-order valence-electron chi connectivity index (χ4n) is 3.69. The Balaban J connectivity index is 1.20. The molecule has 1 aromatic heterocycles. The first-order valence-electron chi connectivity index (χ1n) is 10.7. The molecule has 0 atom stereocenters. The van der Waals surface area contributed by atoms with E-state index < -0.39 is 6.36 Å². The van der Waals surface area contributed by atoms with Crippen molar-refractivity contribution in [2.24, 2.45) is 5.10 Å². The third kappa shape index (κ3) is 5.42. The number of fused-ring (bicyclic) bond motifs is 1. The summed E-state index contributed by atoms with van der Waals surface area (Å²) in [5.41, 5.74) is 4.83. The van der Waals surface area contributed by atoms with Crippen LogP contribution in [0, 0.1) is 0 Å². The molecule has 33 heavy (non-hydrogen) atoms. The van der Waals surface area contributed by atoms with Crippen LogP contribution in [0.5, 0.6) is 11.8 Å². The summed E-state index contributed by atoms with van der Waals surface area (Å²) < 4.78 is 46.8. The lowest BCUT2D eigenvalue weighted by Crippen LogP contribution is -2.26. The van der Waals surface area contributed by atoms with E-state index in [4.69, 9.17) is 4.74 Å². The Morgan fingerprint density at radius 1 is 1.00 bits per heavy atom. The number of halogens is 3. The molecule has 5 rings (SSSR count). The summed E-state index contributed by atoms with van der Waals surface area (Å²) in [7, 11) is 0. The molecule has 2 aliphatic rings. The standard InChI is InChI=1S/C24H21F3N4O2/c25-24(26,27)33-21-7-5-16(6-8-21)18-3-4-19-14-29-31(15-20(19)13-18)11-12-32-23-28-10-9-22(30-23)17-1-2-17/h3-10,13-14,17H,1-2,11-12,15H2. The van der Waals surface area contributed by atoms with Gasteiger partial charge < -0.3 is 9.47 Å². The predicted molar refractivity (Wildman–Crippen MR) is 116 cm³/mol. The average molecular weight is 454 g/mol. The van der Waals surface area contributed by atoms with Crippen molar-refractivity contribution in [3.8, 4) is 22.9 Å². The Morgan fingerprint density at radius 3 is 2.55 bits per heavy atom. The summed E-state index contributed by atoms with van der Waals surface area (Å²) >= 11 is 0. The van der Waals surface area contributed by atoms with Crippen LogP contribution in [0.2, 0.25) is 0 Å². The fraction of sp³-hybridized carbons (Fsp3) is 0.292. The molecule has 2 aromatic carbocycles. The normalized spacial score (nSPS) is 15.3. The van der Waals surface area contributed by atoms with E-state index in [1.54, 1.807) is 24.5 Å². The minimum Gasteiger partial charge on any atom is -0.462 e. The van der Waals surface area contributed by atoms with Gasteiger partial charge in [0.2, 0.25) is 0 Å². The Hall–Kier alpha value is -3.62. The molecule has 0 radical (unpaired) electrons. The lowest BCUT2D eigenvalue weighted by molar-refractivity contribution is -0.274. The van der Waals surface area contributed by atoms with Crippen LogP contribution < -0.4 is 9.47 Å². The second-order valence-corrected chi connectivity index (χ2v) is 8.01. The molecule has 0 N–H and O–H groups in total. The van der Waals surface area contributed by atoms with Crippen molar-refractivity contribution >= 4 is 6.21 Å². The van der Waals surface area contributed by atoms with E-state index >= 15 is 0 Å². The highest BCUT2D eigenvalue weighted by atomic mass is 19.4. The van der Waals surface area contributed by atoms with Crippen LogP contribution in [0.4, 0.5) is 13.2 Å². The summed E-state index contributed by atoms with van der Waals surface area (Å²) in [6, 6.07) is 14.1. The monoisotopic (exact) mass is 454 g/mol. The van der Waals surface area contributed by atoms with E-state index in [0.29, 0.717) is 31.6 Å². The number of aromatic nitrogens is 2. The number of hydrazone groups is 1. The van der Waals surface area contributed by atoms with Crippen LogP contribution in [0.25, 0.3) is 11.1 Å². The molecule has 0 saturated heterocycles. The highest BCUT2D eigenvalue weighted by molar-refractivity contribution is 5.84. The first-order chi connectivity index (χ1) is 15.9. The number of rotatable bonds is 7. The third-order valence-electron chi connectivity index (χ3n) is 5.51. The Kier molecular flexibility index (Phi) is 5.62. The zero-order valence-corrected chi connectivity index (χ0v) is 17.6. The average Bonchev–Trinajstić information content (AvgIpc) is 3.64. The molecule has 170 valence electrons. The van der Waals surface area contributed by atoms with Gasteiger partial charge in [0.15, 0.2) is 0 Å². The first-order valence-corrected chi connectivity index (χ1v) is 10.7. The molecule has 1 fully saturated rings. The molecule has 1 aliphatic heterocycles. The van der Waals surface area contributed by atoms with E-state index in [9.17, 15) is 13.2 Å². The molecule has 0 unspecified atom stereocenters. The number of alkyl halides is 3. The molecule has 1 aliphatic carbocycles. The van der Waals surface area contributed by atoms with Gasteiger partial charge in [0, 0.05) is 12.1 Å². The molecule has 1 saturated carbocycles. The van der Waals surface area contributed by atoms with Gasteiger partial charge in [0.05, 0.1) is 25.0 Å². The first kappa shape index (κ1) is 21.2. The van der Waals surface area contributed by atoms with Crippen LogP contribution in [0.15, 0.2) is 59.8 Å². The number of hydrogen-bond donors (Lipinski definition) is 0. The van der Waals surface area contributed by atoms with Gasteiger partial charge in [0.1, 0.15) is 12.4 Å². The summed E-state index contributed by atoms with van der Waals surface area (Å²) in [4.78, 5) is 8.64. The summed E-state index contributed by atoms with van der Waals surface area (Å²) in [6.45, 7) is 1.57. The number of nitrogens with zero attached hydrogens (tertiary/aromatic N) is 4. The van der Waals surface area contributed by atoms with Gasteiger partial charge in [-0.2, -0.15) is 10.1 Å². The molecular weight excluding hydrogens is 433 g/mol. The zero-order chi connectivity index (χ0) is 22.8. The number of hydrogen-bond acceptors (Lipinski definition) is 6. The lowest BCUT2D eigenvalue weighted by atomic mass is 9.98.